The molecule has 0 heterocycles. The topological polar surface area (TPSA) is 129 Å². The predicted octanol–water partition coefficient (Wildman–Crippen LogP) is 7.42. The summed E-state index contributed by atoms with van der Waals surface area (Å²) in [6.07, 6.45) is -0.841. The summed E-state index contributed by atoms with van der Waals surface area (Å²) in [6, 6.07) is 18.3. The van der Waals surface area contributed by atoms with E-state index in [2.05, 4.69) is 10.6 Å². The van der Waals surface area contributed by atoms with Gasteiger partial charge in [0.25, 0.3) is 11.6 Å². The number of benzene rings is 3. The zero-order valence-corrected chi connectivity index (χ0v) is 24.1. The molecular weight excluding hydrogens is 541 g/mol. The number of hydrogen-bond donors (Lipinski definition) is 2. The normalized spacial score (nSPS) is 11.5. The van der Waals surface area contributed by atoms with Gasteiger partial charge in [-0.1, -0.05) is 30.0 Å². The molecule has 0 aliphatic carbocycles. The van der Waals surface area contributed by atoms with Gasteiger partial charge in [0.05, 0.1) is 35.5 Å². The minimum absolute atomic E-state index is 0.0324. The summed E-state index contributed by atoms with van der Waals surface area (Å²) >= 11 is 1.27. The molecule has 0 aliphatic rings. The molecule has 0 unspecified atom stereocenters. The molecule has 2 N–H and O–H groups in total. The molecule has 10 nitrogen and oxygen atoms in total. The summed E-state index contributed by atoms with van der Waals surface area (Å²) in [6.45, 7) is 7.07. The molecule has 12 heteroatoms. The van der Waals surface area contributed by atoms with Gasteiger partial charge in [0.2, 0.25) is 0 Å². The lowest BCUT2D eigenvalue weighted by atomic mass is 10.1. The van der Waals surface area contributed by atoms with Crippen molar-refractivity contribution < 1.29 is 28.1 Å². The van der Waals surface area contributed by atoms with Crippen LogP contribution in [0.3, 0.4) is 0 Å². The lowest BCUT2D eigenvalue weighted by molar-refractivity contribution is -0.384. The lowest BCUT2D eigenvalue weighted by Gasteiger charge is -2.24. The van der Waals surface area contributed by atoms with Gasteiger partial charge < -0.3 is 24.4 Å². The first-order valence-electron chi connectivity index (χ1n) is 12.2. The van der Waals surface area contributed by atoms with E-state index in [1.165, 1.54) is 31.0 Å². The summed E-state index contributed by atoms with van der Waals surface area (Å²) in [4.78, 5) is 25.6. The van der Waals surface area contributed by atoms with Crippen LogP contribution in [0, 0.1) is 10.1 Å². The van der Waals surface area contributed by atoms with Gasteiger partial charge in [0.15, 0.2) is 0 Å². The second kappa shape index (κ2) is 13.6. The fraction of sp³-hybridized carbons (Fsp3) is 0.296. The van der Waals surface area contributed by atoms with Crippen LogP contribution < -0.4 is 15.4 Å². The summed E-state index contributed by atoms with van der Waals surface area (Å²) in [7, 11) is -2.05. The number of rotatable bonds is 13. The molecule has 0 saturated carbocycles. The molecule has 0 fully saturated rings. The maximum Gasteiger partial charge on any atom is 0.350 e. The van der Waals surface area contributed by atoms with Crippen LogP contribution in [0.25, 0.3) is 0 Å². The standard InChI is InChI=1S/C27H32N3O7PS/c1-18(2)36-38(34,37-19(3)4)17-28-23-10-8-12-25(39-21-15-13-20(14-16-21)30(32)33)26(23)27(31)29-22-9-6-7-11-24(22)35-5/h6-16,18-19,28H,17H2,1-5H3,(H,29,31). The van der Waals surface area contributed by atoms with Crippen molar-refractivity contribution in [2.75, 3.05) is 24.0 Å². The quantitative estimate of drug-likeness (QED) is 0.122. The molecular formula is C27H32N3O7PS. The fourth-order valence-corrected chi connectivity index (χ4v) is 6.44. The third-order valence-corrected chi connectivity index (χ3v) is 8.19. The van der Waals surface area contributed by atoms with Gasteiger partial charge in [-0.25, -0.2) is 0 Å². The number of nitro groups is 1. The minimum atomic E-state index is -3.56. The molecule has 208 valence electrons. The predicted molar refractivity (Wildman–Crippen MR) is 153 cm³/mol. The number of nitrogens with zero attached hydrogens (tertiary/aromatic N) is 1. The Hall–Kier alpha value is -3.37. The van der Waals surface area contributed by atoms with Crippen molar-refractivity contribution in [2.45, 2.75) is 49.7 Å². The Balaban J connectivity index is 2.00. The summed E-state index contributed by atoms with van der Waals surface area (Å²) in [5.74, 6) is 0.0532. The molecule has 0 aromatic heterocycles. The molecule has 0 saturated heterocycles. The average molecular weight is 574 g/mol. The van der Waals surface area contributed by atoms with E-state index >= 15 is 0 Å². The van der Waals surface area contributed by atoms with Crippen LogP contribution in [0.15, 0.2) is 76.5 Å². The highest BCUT2D eigenvalue weighted by atomic mass is 32.2. The number of non-ortho nitro benzene ring substituents is 1. The van der Waals surface area contributed by atoms with Gasteiger partial charge in [-0.05, 0) is 64.1 Å². The monoisotopic (exact) mass is 573 g/mol. The zero-order valence-electron chi connectivity index (χ0n) is 22.4. The Kier molecular flexibility index (Phi) is 10.5. The van der Waals surface area contributed by atoms with E-state index < -0.39 is 18.4 Å². The molecule has 0 spiro atoms. The van der Waals surface area contributed by atoms with E-state index in [0.717, 1.165) is 0 Å². The Bertz CT molecular complexity index is 1340. The van der Waals surface area contributed by atoms with Crippen LogP contribution in [0.1, 0.15) is 38.1 Å². The van der Waals surface area contributed by atoms with Crippen LogP contribution in [-0.4, -0.2) is 36.4 Å². The van der Waals surface area contributed by atoms with Gasteiger partial charge in [0, 0.05) is 27.6 Å². The zero-order chi connectivity index (χ0) is 28.6. The third-order valence-electron chi connectivity index (χ3n) is 5.09. The van der Waals surface area contributed by atoms with Crippen LogP contribution in [0.5, 0.6) is 5.75 Å². The molecule has 1 amide bonds. The van der Waals surface area contributed by atoms with Gasteiger partial charge >= 0.3 is 7.60 Å². The van der Waals surface area contributed by atoms with Crippen molar-refractivity contribution in [2.24, 2.45) is 0 Å². The van der Waals surface area contributed by atoms with Gasteiger partial charge in [-0.15, -0.1) is 0 Å². The number of carbonyl (C=O) groups is 1. The van der Waals surface area contributed by atoms with E-state index in [0.29, 0.717) is 26.9 Å². The Morgan fingerprint density at radius 2 is 1.56 bits per heavy atom. The number of nitro benzene ring substituents is 1. The Labute approximate surface area is 232 Å². The van der Waals surface area contributed by atoms with Crippen molar-refractivity contribution >= 4 is 42.3 Å². The number of nitrogens with one attached hydrogen (secondary N) is 2. The maximum absolute atomic E-state index is 13.7. The SMILES string of the molecule is COc1ccccc1NC(=O)c1c(NCP(=O)(OC(C)C)OC(C)C)cccc1Sc1ccc([N+](=O)[O-])cc1. The van der Waals surface area contributed by atoms with E-state index in [4.69, 9.17) is 13.8 Å². The summed E-state index contributed by atoms with van der Waals surface area (Å²) < 4.78 is 30.1. The molecule has 3 rings (SSSR count). The smallest absolute Gasteiger partial charge is 0.350 e. The fourth-order valence-electron chi connectivity index (χ4n) is 3.62. The van der Waals surface area contributed by atoms with Crippen LogP contribution >= 0.6 is 19.4 Å². The van der Waals surface area contributed by atoms with Crippen molar-refractivity contribution in [3.8, 4) is 5.75 Å². The number of carbonyl (C=O) groups excluding carboxylic acids is 1. The summed E-state index contributed by atoms with van der Waals surface area (Å²) in [5.41, 5.74) is 1.14. The molecule has 39 heavy (non-hydrogen) atoms. The van der Waals surface area contributed by atoms with E-state index in [-0.39, 0.29) is 29.7 Å². The highest BCUT2D eigenvalue weighted by Gasteiger charge is 2.29. The molecule has 3 aromatic rings. The minimum Gasteiger partial charge on any atom is -0.495 e. The third kappa shape index (κ3) is 8.56. The molecule has 0 aliphatic heterocycles. The van der Waals surface area contributed by atoms with Crippen molar-refractivity contribution in [1.29, 1.82) is 0 Å². The van der Waals surface area contributed by atoms with E-state index in [1.807, 2.05) is 0 Å². The number of para-hydroxylation sites is 2. The first-order chi connectivity index (χ1) is 18.5. The number of amides is 1. The molecule has 0 bridgehead atoms. The van der Waals surface area contributed by atoms with Crippen LogP contribution in [0.4, 0.5) is 17.1 Å². The number of ether oxygens (including phenoxy) is 1. The first-order valence-corrected chi connectivity index (χ1v) is 14.7. The van der Waals surface area contributed by atoms with Gasteiger partial charge in [-0.2, -0.15) is 0 Å². The molecule has 0 atom stereocenters. The number of hydrogen-bond acceptors (Lipinski definition) is 9. The summed E-state index contributed by atoms with van der Waals surface area (Å²) in [5, 5.41) is 17.0. The highest BCUT2D eigenvalue weighted by molar-refractivity contribution is 7.99. The Morgan fingerprint density at radius 3 is 2.15 bits per heavy atom. The number of methoxy groups -OCH3 is 1. The van der Waals surface area contributed by atoms with Crippen molar-refractivity contribution in [3.05, 3.63) is 82.4 Å². The number of anilines is 2. The van der Waals surface area contributed by atoms with Gasteiger partial charge in [0.1, 0.15) is 12.0 Å². The lowest BCUT2D eigenvalue weighted by Crippen LogP contribution is -2.19. The largest absolute Gasteiger partial charge is 0.495 e. The second-order valence-electron chi connectivity index (χ2n) is 8.94. The second-order valence-corrected chi connectivity index (χ2v) is 12.0. The van der Waals surface area contributed by atoms with Crippen molar-refractivity contribution in [3.63, 3.8) is 0 Å². The van der Waals surface area contributed by atoms with E-state index in [9.17, 15) is 19.5 Å². The highest BCUT2D eigenvalue weighted by Crippen LogP contribution is 2.50. The molecule has 0 radical (unpaired) electrons. The Morgan fingerprint density at radius 1 is 0.949 bits per heavy atom. The molecule has 3 aromatic carbocycles. The first kappa shape index (κ1) is 30.2. The van der Waals surface area contributed by atoms with Crippen LogP contribution in [0.2, 0.25) is 0 Å². The van der Waals surface area contributed by atoms with Crippen molar-refractivity contribution in [1.82, 2.24) is 0 Å². The van der Waals surface area contributed by atoms with Gasteiger partial charge in [-0.3, -0.25) is 19.5 Å². The van der Waals surface area contributed by atoms with E-state index in [1.54, 1.807) is 82.3 Å². The van der Waals surface area contributed by atoms with Crippen LogP contribution in [-0.2, 0) is 13.6 Å². The average Bonchev–Trinajstić information content (AvgIpc) is 2.87. The maximum atomic E-state index is 13.7.